The van der Waals surface area contributed by atoms with E-state index in [1.807, 2.05) is 18.2 Å². The highest BCUT2D eigenvalue weighted by molar-refractivity contribution is 5.92. The highest BCUT2D eigenvalue weighted by Crippen LogP contribution is 2.16. The number of pyridine rings is 1. The number of halogens is 2. The summed E-state index contributed by atoms with van der Waals surface area (Å²) in [4.78, 5) is 16.2. The summed E-state index contributed by atoms with van der Waals surface area (Å²) >= 11 is 0. The molecule has 1 atom stereocenters. The van der Waals surface area contributed by atoms with Crippen LogP contribution in [0.4, 0.5) is 0 Å². The molecule has 2 aromatic heterocycles. The normalized spacial score (nSPS) is 17.0. The maximum atomic E-state index is 12.1. The number of piperidine rings is 1. The van der Waals surface area contributed by atoms with Crippen molar-refractivity contribution in [3.8, 4) is 11.4 Å². The van der Waals surface area contributed by atoms with Crippen LogP contribution in [-0.2, 0) is 0 Å². The minimum absolute atomic E-state index is 0. The molecule has 3 rings (SSSR count). The second-order valence-corrected chi connectivity index (χ2v) is 4.81. The molecule has 1 aliphatic rings. The average molecular weight is 345 g/mol. The zero-order chi connectivity index (χ0) is 13.8. The van der Waals surface area contributed by atoms with Crippen molar-refractivity contribution < 1.29 is 9.32 Å². The van der Waals surface area contributed by atoms with Gasteiger partial charge < -0.3 is 15.2 Å². The molecule has 0 bridgehead atoms. The van der Waals surface area contributed by atoms with E-state index in [4.69, 9.17) is 4.52 Å². The summed E-state index contributed by atoms with van der Waals surface area (Å²) in [7, 11) is 0. The summed E-state index contributed by atoms with van der Waals surface area (Å²) in [6.07, 6.45) is 3.73. The van der Waals surface area contributed by atoms with Crippen LogP contribution in [-0.4, -0.2) is 35.2 Å². The van der Waals surface area contributed by atoms with Crippen molar-refractivity contribution in [1.82, 2.24) is 20.8 Å². The topological polar surface area (TPSA) is 80.0 Å². The van der Waals surface area contributed by atoms with Crippen molar-refractivity contribution in [3.63, 3.8) is 0 Å². The number of nitrogens with one attached hydrogen (secondary N) is 2. The van der Waals surface area contributed by atoms with E-state index >= 15 is 0 Å². The van der Waals surface area contributed by atoms with E-state index < -0.39 is 0 Å². The van der Waals surface area contributed by atoms with Gasteiger partial charge >= 0.3 is 0 Å². The molecule has 120 valence electrons. The maximum Gasteiger partial charge on any atom is 0.290 e. The van der Waals surface area contributed by atoms with Gasteiger partial charge in [0.1, 0.15) is 5.69 Å². The van der Waals surface area contributed by atoms with E-state index in [1.54, 1.807) is 12.3 Å². The first-order valence-electron chi connectivity index (χ1n) is 6.72. The van der Waals surface area contributed by atoms with Gasteiger partial charge in [-0.05, 0) is 31.5 Å². The molecule has 1 aliphatic heterocycles. The zero-order valence-corrected chi connectivity index (χ0v) is 13.5. The lowest BCUT2D eigenvalue weighted by atomic mass is 10.1. The Morgan fingerprint density at radius 3 is 2.86 bits per heavy atom. The van der Waals surface area contributed by atoms with Crippen LogP contribution >= 0.6 is 24.8 Å². The predicted octanol–water partition coefficient (Wildman–Crippen LogP) is 2.06. The van der Waals surface area contributed by atoms with E-state index in [-0.39, 0.29) is 42.5 Å². The van der Waals surface area contributed by atoms with Crippen LogP contribution in [0.25, 0.3) is 11.4 Å². The van der Waals surface area contributed by atoms with Crippen molar-refractivity contribution in [2.24, 2.45) is 0 Å². The SMILES string of the molecule is Cl.Cl.O=C(N[C@H]1CCCNC1)c1cc(-c2ccccn2)no1. The Kier molecular flexibility index (Phi) is 7.31. The van der Waals surface area contributed by atoms with Crippen LogP contribution in [0.5, 0.6) is 0 Å². The molecule has 6 nitrogen and oxygen atoms in total. The Morgan fingerprint density at radius 1 is 1.32 bits per heavy atom. The standard InChI is InChI=1S/C14H16N4O2.2ClH/c19-14(17-10-4-3-6-15-9-10)13-8-12(18-20-13)11-5-1-2-7-16-11;;/h1-2,5,7-8,10,15H,3-4,6,9H2,(H,17,19);2*1H/t10-;;/m0../s1. The molecule has 1 amide bonds. The lowest BCUT2D eigenvalue weighted by Gasteiger charge is -2.23. The summed E-state index contributed by atoms with van der Waals surface area (Å²) in [5.74, 6) is -0.00962. The molecule has 2 N–H and O–H groups in total. The molecular weight excluding hydrogens is 327 g/mol. The van der Waals surface area contributed by atoms with Crippen LogP contribution in [0.3, 0.4) is 0 Å². The first-order chi connectivity index (χ1) is 9.83. The van der Waals surface area contributed by atoms with Gasteiger partial charge in [-0.2, -0.15) is 0 Å². The molecule has 1 fully saturated rings. The third-order valence-corrected chi connectivity index (χ3v) is 3.29. The van der Waals surface area contributed by atoms with E-state index in [2.05, 4.69) is 20.8 Å². The Morgan fingerprint density at radius 2 is 2.18 bits per heavy atom. The molecule has 0 spiro atoms. The lowest BCUT2D eigenvalue weighted by Crippen LogP contribution is -2.45. The Hall–Kier alpha value is -1.63. The fourth-order valence-corrected chi connectivity index (χ4v) is 2.25. The minimum Gasteiger partial charge on any atom is -0.350 e. The monoisotopic (exact) mass is 344 g/mol. The molecule has 3 heterocycles. The number of carbonyl (C=O) groups excluding carboxylic acids is 1. The van der Waals surface area contributed by atoms with Crippen molar-refractivity contribution in [3.05, 3.63) is 36.2 Å². The van der Waals surface area contributed by atoms with Gasteiger partial charge in [0, 0.05) is 24.8 Å². The lowest BCUT2D eigenvalue weighted by molar-refractivity contribution is 0.0893. The minimum atomic E-state index is -0.228. The highest BCUT2D eigenvalue weighted by atomic mass is 35.5. The van der Waals surface area contributed by atoms with Gasteiger partial charge in [-0.3, -0.25) is 9.78 Å². The first kappa shape index (κ1) is 18.4. The number of rotatable bonds is 3. The summed E-state index contributed by atoms with van der Waals surface area (Å²) in [5.41, 5.74) is 1.26. The number of nitrogens with zero attached hydrogens (tertiary/aromatic N) is 2. The molecule has 0 aromatic carbocycles. The van der Waals surface area contributed by atoms with Gasteiger partial charge in [0.2, 0.25) is 5.76 Å². The third-order valence-electron chi connectivity index (χ3n) is 3.29. The average Bonchev–Trinajstić information content (AvgIpc) is 2.99. The highest BCUT2D eigenvalue weighted by Gasteiger charge is 2.19. The van der Waals surface area contributed by atoms with Crippen LogP contribution in [0.1, 0.15) is 23.4 Å². The van der Waals surface area contributed by atoms with E-state index in [9.17, 15) is 4.79 Å². The van der Waals surface area contributed by atoms with Crippen LogP contribution in [0, 0.1) is 0 Å². The molecular formula is C14H18Cl2N4O2. The van der Waals surface area contributed by atoms with E-state index in [0.717, 1.165) is 25.9 Å². The maximum absolute atomic E-state index is 12.1. The smallest absolute Gasteiger partial charge is 0.290 e. The number of carbonyl (C=O) groups is 1. The van der Waals surface area contributed by atoms with Crippen molar-refractivity contribution >= 4 is 30.7 Å². The van der Waals surface area contributed by atoms with Crippen LogP contribution in [0.15, 0.2) is 35.0 Å². The van der Waals surface area contributed by atoms with Gasteiger partial charge in [0.25, 0.3) is 5.91 Å². The third kappa shape index (κ3) is 4.43. The van der Waals surface area contributed by atoms with Crippen molar-refractivity contribution in [2.75, 3.05) is 13.1 Å². The molecule has 0 unspecified atom stereocenters. The van der Waals surface area contributed by atoms with E-state index in [0.29, 0.717) is 11.4 Å². The Labute approximate surface area is 140 Å². The first-order valence-corrected chi connectivity index (χ1v) is 6.72. The summed E-state index contributed by atoms with van der Waals surface area (Å²) in [6.45, 7) is 1.81. The second kappa shape index (κ2) is 8.73. The number of hydrogen-bond acceptors (Lipinski definition) is 5. The fourth-order valence-electron chi connectivity index (χ4n) is 2.25. The van der Waals surface area contributed by atoms with Gasteiger partial charge in [0.05, 0.1) is 5.69 Å². The molecule has 0 saturated carbocycles. The van der Waals surface area contributed by atoms with Crippen LogP contribution < -0.4 is 10.6 Å². The number of hydrogen-bond donors (Lipinski definition) is 2. The van der Waals surface area contributed by atoms with Gasteiger partial charge in [-0.25, -0.2) is 0 Å². The van der Waals surface area contributed by atoms with Gasteiger partial charge in [0.15, 0.2) is 0 Å². The molecule has 0 radical (unpaired) electrons. The molecule has 2 aromatic rings. The Balaban J connectivity index is 0.00000121. The summed E-state index contributed by atoms with van der Waals surface area (Å²) < 4.78 is 5.10. The summed E-state index contributed by atoms with van der Waals surface area (Å²) in [6, 6.07) is 7.29. The van der Waals surface area contributed by atoms with Crippen LogP contribution in [0.2, 0.25) is 0 Å². The zero-order valence-electron chi connectivity index (χ0n) is 11.8. The molecule has 8 heteroatoms. The van der Waals surface area contributed by atoms with Crippen molar-refractivity contribution in [2.45, 2.75) is 18.9 Å². The van der Waals surface area contributed by atoms with Gasteiger partial charge in [-0.15, -0.1) is 24.8 Å². The van der Waals surface area contributed by atoms with Crippen molar-refractivity contribution in [1.29, 1.82) is 0 Å². The fraction of sp³-hybridized carbons (Fsp3) is 0.357. The second-order valence-electron chi connectivity index (χ2n) is 4.81. The molecule has 0 aliphatic carbocycles. The van der Waals surface area contributed by atoms with E-state index in [1.165, 1.54) is 0 Å². The molecule has 1 saturated heterocycles. The number of aromatic nitrogens is 2. The Bertz CT molecular complexity index is 586. The van der Waals surface area contributed by atoms with Gasteiger partial charge in [-0.1, -0.05) is 11.2 Å². The molecule has 22 heavy (non-hydrogen) atoms. The quantitative estimate of drug-likeness (QED) is 0.890. The number of amides is 1. The largest absolute Gasteiger partial charge is 0.350 e. The summed E-state index contributed by atoms with van der Waals surface area (Å²) in [5, 5.41) is 10.1. The predicted molar refractivity (Wildman–Crippen MR) is 87.6 cm³/mol.